The summed E-state index contributed by atoms with van der Waals surface area (Å²) in [6, 6.07) is 10.5. The van der Waals surface area contributed by atoms with Crippen molar-refractivity contribution in [3.63, 3.8) is 0 Å². The van der Waals surface area contributed by atoms with Crippen molar-refractivity contribution < 1.29 is 74.2 Å². The Bertz CT molecular complexity index is 868. The second kappa shape index (κ2) is 14.6. The van der Waals surface area contributed by atoms with E-state index in [1.165, 1.54) is 75.6 Å². The van der Waals surface area contributed by atoms with E-state index >= 15 is 0 Å². The molecule has 0 radical (unpaired) electrons. The molecule has 0 bridgehead atoms. The Labute approximate surface area is 223 Å². The first kappa shape index (κ1) is 27.6. The van der Waals surface area contributed by atoms with Crippen LogP contribution in [-0.2, 0) is 16.5 Å². The van der Waals surface area contributed by atoms with Gasteiger partial charge < -0.3 is 9.84 Å². The van der Waals surface area contributed by atoms with E-state index in [0.717, 1.165) is 18.4 Å². The number of ether oxygens (including phenoxy) is 1. The van der Waals surface area contributed by atoms with Gasteiger partial charge in [0.15, 0.2) is 0 Å². The van der Waals surface area contributed by atoms with Crippen LogP contribution in [0.15, 0.2) is 47.4 Å². The van der Waals surface area contributed by atoms with Crippen LogP contribution in [0.4, 0.5) is 0 Å². The van der Waals surface area contributed by atoms with E-state index in [4.69, 9.17) is 9.29 Å². The number of hydrogen-bond donors (Lipinski definition) is 1. The van der Waals surface area contributed by atoms with Crippen molar-refractivity contribution in [3.05, 3.63) is 48.0 Å². The third-order valence-corrected chi connectivity index (χ3v) is 5.76. The van der Waals surface area contributed by atoms with Crippen LogP contribution in [0.2, 0.25) is 0 Å². The summed E-state index contributed by atoms with van der Waals surface area (Å²) >= 11 is 0. The Balaban J connectivity index is 0.00000450. The molecule has 2 rings (SSSR count). The molecular weight excluding hydrogens is 427 g/mol. The van der Waals surface area contributed by atoms with Crippen molar-refractivity contribution in [2.75, 3.05) is 0 Å². The smallest absolute Gasteiger partial charge is 0.870 e. The van der Waals surface area contributed by atoms with Crippen LogP contribution in [0.1, 0.15) is 70.3 Å². The SMILES string of the molecule is CCCCCCCCCCCc1ccc([O-])c(Oc2cccc(S(=O)(=O)O)c2)c1.[K+]. The first-order valence-electron chi connectivity index (χ1n) is 10.5. The molecule has 0 fully saturated rings. The molecule has 0 aliphatic heterocycles. The number of unbranched alkanes of at least 4 members (excludes halogenated alkanes) is 8. The summed E-state index contributed by atoms with van der Waals surface area (Å²) in [5, 5.41) is 12.1. The summed E-state index contributed by atoms with van der Waals surface area (Å²) in [5.74, 6) is 0.0847. The van der Waals surface area contributed by atoms with Gasteiger partial charge in [0.1, 0.15) is 11.5 Å². The van der Waals surface area contributed by atoms with Gasteiger partial charge in [-0.15, -0.1) is 0 Å². The summed E-state index contributed by atoms with van der Waals surface area (Å²) in [5.41, 5.74) is 1.02. The first-order valence-corrected chi connectivity index (χ1v) is 11.9. The van der Waals surface area contributed by atoms with Crippen molar-refractivity contribution in [1.29, 1.82) is 0 Å². The zero-order chi connectivity index (χ0) is 21.1. The molecule has 5 nitrogen and oxygen atoms in total. The average molecular weight is 459 g/mol. The molecule has 0 amide bonds. The van der Waals surface area contributed by atoms with E-state index in [1.807, 2.05) is 6.07 Å². The van der Waals surface area contributed by atoms with Gasteiger partial charge in [0.2, 0.25) is 0 Å². The molecule has 160 valence electrons. The van der Waals surface area contributed by atoms with Gasteiger partial charge >= 0.3 is 51.4 Å². The first-order chi connectivity index (χ1) is 13.9. The molecule has 1 N–H and O–H groups in total. The molecule has 2 aromatic rings. The molecule has 0 saturated heterocycles. The molecule has 2 aromatic carbocycles. The quantitative estimate of drug-likeness (QED) is 0.283. The molecule has 30 heavy (non-hydrogen) atoms. The fourth-order valence-corrected chi connectivity index (χ4v) is 3.77. The van der Waals surface area contributed by atoms with Gasteiger partial charge in [-0.3, -0.25) is 4.55 Å². The van der Waals surface area contributed by atoms with E-state index in [0.29, 0.717) is 0 Å². The maximum Gasteiger partial charge on any atom is 1.00 e. The summed E-state index contributed by atoms with van der Waals surface area (Å²) in [6.45, 7) is 2.23. The monoisotopic (exact) mass is 458 g/mol. The standard InChI is InChI=1S/C23H32O5S.K/c1-2-3-4-5-6-7-8-9-10-12-19-15-16-22(24)23(17-19)28-20-13-11-14-21(18-20)29(25,26)27;/h11,13-18,24H,2-10,12H2,1H3,(H,25,26,27);/q;+1/p-1. The van der Waals surface area contributed by atoms with Crippen LogP contribution < -0.4 is 61.2 Å². The normalized spacial score (nSPS) is 11.1. The Kier molecular flexibility index (Phi) is 13.5. The minimum absolute atomic E-state index is 0. The summed E-state index contributed by atoms with van der Waals surface area (Å²) < 4.78 is 37.2. The maximum absolute atomic E-state index is 12.1. The van der Waals surface area contributed by atoms with Gasteiger partial charge in [-0.2, -0.15) is 8.42 Å². The van der Waals surface area contributed by atoms with E-state index in [9.17, 15) is 13.5 Å². The topological polar surface area (TPSA) is 86.7 Å². The van der Waals surface area contributed by atoms with E-state index in [1.54, 1.807) is 12.1 Å². The number of aryl methyl sites for hydroxylation is 1. The van der Waals surface area contributed by atoms with Gasteiger partial charge in [0.05, 0.1) is 4.90 Å². The van der Waals surface area contributed by atoms with Crippen molar-refractivity contribution in [2.45, 2.75) is 76.0 Å². The zero-order valence-corrected chi connectivity index (χ0v) is 22.0. The van der Waals surface area contributed by atoms with Crippen LogP contribution >= 0.6 is 0 Å². The fourth-order valence-electron chi connectivity index (χ4n) is 3.25. The van der Waals surface area contributed by atoms with Crippen LogP contribution in [0.5, 0.6) is 17.2 Å². The molecule has 0 saturated carbocycles. The van der Waals surface area contributed by atoms with E-state index in [-0.39, 0.29) is 73.5 Å². The third kappa shape index (κ3) is 10.3. The minimum Gasteiger partial charge on any atom is -0.870 e. The zero-order valence-electron chi connectivity index (χ0n) is 18.1. The van der Waals surface area contributed by atoms with Crippen molar-refractivity contribution in [2.24, 2.45) is 0 Å². The fraction of sp³-hybridized carbons (Fsp3) is 0.478. The Morgan fingerprint density at radius 3 is 2.17 bits per heavy atom. The van der Waals surface area contributed by atoms with Crippen molar-refractivity contribution in [3.8, 4) is 17.2 Å². The second-order valence-corrected chi connectivity index (χ2v) is 8.83. The van der Waals surface area contributed by atoms with E-state index < -0.39 is 10.1 Å². The number of hydrogen-bond acceptors (Lipinski definition) is 4. The van der Waals surface area contributed by atoms with E-state index in [2.05, 4.69) is 6.92 Å². The summed E-state index contributed by atoms with van der Waals surface area (Å²) in [7, 11) is -4.32. The van der Waals surface area contributed by atoms with Crippen molar-refractivity contribution in [1.82, 2.24) is 0 Å². The molecular formula is C23H31KO5S. The van der Waals surface area contributed by atoms with Crippen LogP contribution in [0, 0.1) is 0 Å². The number of rotatable bonds is 13. The maximum atomic E-state index is 12.1. The molecule has 0 heterocycles. The van der Waals surface area contributed by atoms with Gasteiger partial charge in [0, 0.05) is 6.07 Å². The summed E-state index contributed by atoms with van der Waals surface area (Å²) in [4.78, 5) is -0.270. The molecule has 0 spiro atoms. The summed E-state index contributed by atoms with van der Waals surface area (Å²) in [6.07, 6.45) is 12.2. The Morgan fingerprint density at radius 1 is 0.900 bits per heavy atom. The Morgan fingerprint density at radius 2 is 1.53 bits per heavy atom. The molecule has 7 heteroatoms. The molecule has 0 aliphatic rings. The van der Waals surface area contributed by atoms with Gasteiger partial charge in [-0.25, -0.2) is 0 Å². The Hall–Kier alpha value is -0.414. The van der Waals surface area contributed by atoms with Crippen LogP contribution in [0.25, 0.3) is 0 Å². The third-order valence-electron chi connectivity index (χ3n) is 4.91. The molecule has 0 atom stereocenters. The minimum atomic E-state index is -4.32. The predicted octanol–water partition coefficient (Wildman–Crippen LogP) is 2.88. The predicted molar refractivity (Wildman–Crippen MR) is 113 cm³/mol. The molecule has 0 aliphatic carbocycles. The van der Waals surface area contributed by atoms with Gasteiger partial charge in [0.25, 0.3) is 10.1 Å². The second-order valence-electron chi connectivity index (χ2n) is 7.41. The molecule has 0 unspecified atom stereocenters. The van der Waals surface area contributed by atoms with Gasteiger partial charge in [-0.1, -0.05) is 82.2 Å². The largest absolute Gasteiger partial charge is 1.00 e. The van der Waals surface area contributed by atoms with Crippen LogP contribution in [0.3, 0.4) is 0 Å². The van der Waals surface area contributed by atoms with Crippen molar-refractivity contribution >= 4 is 10.1 Å². The molecule has 0 aromatic heterocycles. The average Bonchev–Trinajstić information content (AvgIpc) is 2.68. The van der Waals surface area contributed by atoms with Gasteiger partial charge in [-0.05, 0) is 36.6 Å². The number of benzene rings is 2. The van der Waals surface area contributed by atoms with Crippen LogP contribution in [-0.4, -0.2) is 13.0 Å².